The van der Waals surface area contributed by atoms with Crippen molar-refractivity contribution in [1.82, 2.24) is 4.98 Å². The number of nitrogens with one attached hydrogen (secondary N) is 2. The molecule has 0 aliphatic rings. The first kappa shape index (κ1) is 19.7. The fraction of sp³-hybridized carbons (Fsp3) is 0.222. The predicted octanol–water partition coefficient (Wildman–Crippen LogP) is 3.96. The highest BCUT2D eigenvalue weighted by Gasteiger charge is 2.10. The van der Waals surface area contributed by atoms with Crippen molar-refractivity contribution in [3.8, 4) is 0 Å². The van der Waals surface area contributed by atoms with Crippen molar-refractivity contribution in [2.45, 2.75) is 17.7 Å². The van der Waals surface area contributed by atoms with Gasteiger partial charge >= 0.3 is 0 Å². The Morgan fingerprint density at radius 2 is 2.00 bits per heavy atom. The minimum absolute atomic E-state index is 0.0908. The highest BCUT2D eigenvalue weighted by Crippen LogP contribution is 2.31. The molecule has 2 aromatic carbocycles. The van der Waals surface area contributed by atoms with Gasteiger partial charge in [-0.1, -0.05) is 30.8 Å². The van der Waals surface area contributed by atoms with Crippen LogP contribution in [0.15, 0.2) is 46.8 Å². The summed E-state index contributed by atoms with van der Waals surface area (Å²) in [6.45, 7) is 2.07. The van der Waals surface area contributed by atoms with Crippen molar-refractivity contribution < 1.29 is 13.2 Å². The molecule has 0 bridgehead atoms. The summed E-state index contributed by atoms with van der Waals surface area (Å²) >= 11 is 2.79. The van der Waals surface area contributed by atoms with Gasteiger partial charge in [-0.15, -0.1) is 11.3 Å². The smallest absolute Gasteiger partial charge is 0.234 e. The molecule has 0 radical (unpaired) electrons. The van der Waals surface area contributed by atoms with Crippen molar-refractivity contribution >= 4 is 60.6 Å². The van der Waals surface area contributed by atoms with E-state index in [9.17, 15) is 13.2 Å². The number of carbonyl (C=O) groups excluding carboxylic acids is 1. The lowest BCUT2D eigenvalue weighted by Gasteiger charge is -2.05. The third-order valence-corrected chi connectivity index (χ3v) is 6.39. The van der Waals surface area contributed by atoms with E-state index in [4.69, 9.17) is 0 Å². The minimum Gasteiger partial charge on any atom is -0.325 e. The van der Waals surface area contributed by atoms with Crippen LogP contribution in [0.3, 0.4) is 0 Å². The number of rotatable bonds is 7. The molecule has 0 saturated carbocycles. The molecule has 0 aliphatic heterocycles. The third-order valence-electron chi connectivity index (χ3n) is 3.62. The van der Waals surface area contributed by atoms with Crippen molar-refractivity contribution in [2.75, 3.05) is 22.0 Å². The zero-order valence-electron chi connectivity index (χ0n) is 14.9. The molecule has 0 saturated heterocycles. The second-order valence-corrected chi connectivity index (χ2v) is 9.93. The van der Waals surface area contributed by atoms with E-state index in [0.29, 0.717) is 5.69 Å². The number of fused-ring (bicyclic) bond motifs is 1. The number of anilines is 2. The van der Waals surface area contributed by atoms with Crippen LogP contribution in [0.25, 0.3) is 10.2 Å². The summed E-state index contributed by atoms with van der Waals surface area (Å²) in [7, 11) is -3.32. The topological polar surface area (TPSA) is 88.2 Å². The molecule has 142 valence electrons. The largest absolute Gasteiger partial charge is 0.325 e. The first-order chi connectivity index (χ1) is 12.8. The number of aryl methyl sites for hydroxylation is 1. The Labute approximate surface area is 166 Å². The average Bonchev–Trinajstić information content (AvgIpc) is 3.01. The van der Waals surface area contributed by atoms with Crippen LogP contribution in [0.2, 0.25) is 0 Å². The van der Waals surface area contributed by atoms with E-state index in [1.165, 1.54) is 28.7 Å². The Morgan fingerprint density at radius 3 is 2.74 bits per heavy atom. The molecular weight excluding hydrogens is 402 g/mol. The van der Waals surface area contributed by atoms with Gasteiger partial charge in [-0.3, -0.25) is 9.52 Å². The van der Waals surface area contributed by atoms with Crippen LogP contribution in [-0.4, -0.2) is 31.3 Å². The molecule has 6 nitrogen and oxygen atoms in total. The second kappa shape index (κ2) is 8.28. The maximum absolute atomic E-state index is 12.2. The number of sulfonamides is 1. The van der Waals surface area contributed by atoms with Crippen LogP contribution in [0, 0.1) is 0 Å². The van der Waals surface area contributed by atoms with Crippen LogP contribution >= 0.6 is 23.1 Å². The summed E-state index contributed by atoms with van der Waals surface area (Å²) < 4.78 is 26.8. The molecular formula is C18H19N3O3S3. The zero-order valence-corrected chi connectivity index (χ0v) is 17.3. The van der Waals surface area contributed by atoms with Gasteiger partial charge < -0.3 is 5.32 Å². The molecule has 1 amide bonds. The zero-order chi connectivity index (χ0) is 19.4. The molecule has 3 aromatic rings. The first-order valence-electron chi connectivity index (χ1n) is 8.22. The fourth-order valence-electron chi connectivity index (χ4n) is 2.44. The lowest BCUT2D eigenvalue weighted by atomic mass is 10.1. The van der Waals surface area contributed by atoms with Gasteiger partial charge in [0.15, 0.2) is 4.34 Å². The van der Waals surface area contributed by atoms with Gasteiger partial charge in [0.2, 0.25) is 15.9 Å². The molecule has 0 spiro atoms. The lowest BCUT2D eigenvalue weighted by Crippen LogP contribution is -2.14. The quantitative estimate of drug-likeness (QED) is 0.564. The highest BCUT2D eigenvalue weighted by atomic mass is 32.2. The Morgan fingerprint density at radius 1 is 1.19 bits per heavy atom. The van der Waals surface area contributed by atoms with Crippen LogP contribution < -0.4 is 10.0 Å². The van der Waals surface area contributed by atoms with Crippen molar-refractivity contribution in [1.29, 1.82) is 0 Å². The Hall–Kier alpha value is -2.10. The number of hydrogen-bond donors (Lipinski definition) is 2. The number of aromatic nitrogens is 1. The number of thiazole rings is 1. The number of thioether (sulfide) groups is 1. The summed E-state index contributed by atoms with van der Waals surface area (Å²) in [5.41, 5.74) is 3.24. The lowest BCUT2D eigenvalue weighted by molar-refractivity contribution is -0.113. The SMILES string of the molecule is CCc1cccc(NC(=O)CSc2nc3ccc(NS(C)(=O)=O)cc3s2)c1. The van der Waals surface area contributed by atoms with Crippen molar-refractivity contribution in [3.05, 3.63) is 48.0 Å². The number of benzene rings is 2. The first-order valence-corrected chi connectivity index (χ1v) is 11.9. The molecule has 0 fully saturated rings. The molecule has 0 aliphatic carbocycles. The normalized spacial score (nSPS) is 11.5. The van der Waals surface area contributed by atoms with E-state index in [-0.39, 0.29) is 11.7 Å². The van der Waals surface area contributed by atoms with E-state index >= 15 is 0 Å². The highest BCUT2D eigenvalue weighted by molar-refractivity contribution is 8.01. The maximum Gasteiger partial charge on any atom is 0.234 e. The van der Waals surface area contributed by atoms with Gasteiger partial charge in [0.25, 0.3) is 0 Å². The van der Waals surface area contributed by atoms with Crippen LogP contribution in [0.4, 0.5) is 11.4 Å². The molecule has 3 rings (SSSR count). The summed E-state index contributed by atoms with van der Waals surface area (Å²) in [4.78, 5) is 16.7. The van der Waals surface area contributed by atoms with Gasteiger partial charge in [0, 0.05) is 5.69 Å². The van der Waals surface area contributed by atoms with E-state index in [2.05, 4.69) is 21.9 Å². The average molecular weight is 422 g/mol. The van der Waals surface area contributed by atoms with E-state index in [1.807, 2.05) is 24.3 Å². The molecule has 9 heteroatoms. The second-order valence-electron chi connectivity index (χ2n) is 5.93. The van der Waals surface area contributed by atoms with E-state index in [1.54, 1.807) is 18.2 Å². The molecule has 1 aromatic heterocycles. The molecule has 2 N–H and O–H groups in total. The number of hydrogen-bond acceptors (Lipinski definition) is 6. The summed E-state index contributed by atoms with van der Waals surface area (Å²) in [5, 5.41) is 2.90. The monoisotopic (exact) mass is 421 g/mol. The maximum atomic E-state index is 12.2. The molecule has 0 unspecified atom stereocenters. The molecule has 27 heavy (non-hydrogen) atoms. The Balaban J connectivity index is 1.63. The van der Waals surface area contributed by atoms with Crippen molar-refractivity contribution in [2.24, 2.45) is 0 Å². The van der Waals surface area contributed by atoms with Gasteiger partial charge in [0.05, 0.1) is 27.9 Å². The standard InChI is InChI=1S/C18H19N3O3S3/c1-3-12-5-4-6-13(9-12)19-17(22)11-25-18-20-15-8-7-14(10-16(15)26-18)21-27(2,23)24/h4-10,21H,3,11H2,1-2H3,(H,19,22). The van der Waals surface area contributed by atoms with Gasteiger partial charge in [0.1, 0.15) is 0 Å². The molecule has 1 heterocycles. The fourth-order valence-corrected chi connectivity index (χ4v) is 4.90. The van der Waals surface area contributed by atoms with E-state index in [0.717, 1.165) is 32.9 Å². The summed E-state index contributed by atoms with van der Waals surface area (Å²) in [5.74, 6) is 0.164. The van der Waals surface area contributed by atoms with Crippen LogP contribution in [0.5, 0.6) is 0 Å². The Bertz CT molecular complexity index is 1080. The predicted molar refractivity (Wildman–Crippen MR) is 113 cm³/mol. The van der Waals surface area contributed by atoms with Crippen LogP contribution in [0.1, 0.15) is 12.5 Å². The van der Waals surface area contributed by atoms with Gasteiger partial charge in [-0.25, -0.2) is 13.4 Å². The van der Waals surface area contributed by atoms with Gasteiger partial charge in [-0.05, 0) is 42.3 Å². The number of nitrogens with zero attached hydrogens (tertiary/aromatic N) is 1. The number of carbonyl (C=O) groups is 1. The third kappa shape index (κ3) is 5.69. The minimum atomic E-state index is -3.32. The molecule has 0 atom stereocenters. The number of amides is 1. The van der Waals surface area contributed by atoms with Crippen LogP contribution in [-0.2, 0) is 21.2 Å². The Kier molecular flexibility index (Phi) is 6.03. The summed E-state index contributed by atoms with van der Waals surface area (Å²) in [6, 6.07) is 13.0. The summed E-state index contributed by atoms with van der Waals surface area (Å²) in [6.07, 6.45) is 2.03. The van der Waals surface area contributed by atoms with Gasteiger partial charge in [-0.2, -0.15) is 0 Å². The van der Waals surface area contributed by atoms with E-state index < -0.39 is 10.0 Å². The van der Waals surface area contributed by atoms with Crippen molar-refractivity contribution in [3.63, 3.8) is 0 Å².